The van der Waals surface area contributed by atoms with Crippen molar-refractivity contribution in [1.29, 1.82) is 0 Å². The minimum atomic E-state index is -0.342. The van der Waals surface area contributed by atoms with Crippen LogP contribution < -0.4 is 16.0 Å². The topological polar surface area (TPSA) is 74.8 Å². The van der Waals surface area contributed by atoms with Crippen LogP contribution in [0.4, 0.5) is 10.1 Å². The molecule has 0 atom stereocenters. The molecule has 0 aliphatic carbocycles. The van der Waals surface area contributed by atoms with Crippen molar-refractivity contribution in [2.45, 2.75) is 13.3 Å². The standard InChI is InChI=1S/C15H23FN4O2/c1-3-17-15(18-9-4-10-22-2)19-11-14(21)20-13-7-5-12(16)6-8-13/h5-8H,3-4,9-11H2,1-2H3,(H,20,21)(H2,17,18,19). The number of hydrogen-bond donors (Lipinski definition) is 3. The number of anilines is 1. The van der Waals surface area contributed by atoms with Gasteiger partial charge in [0.1, 0.15) is 12.4 Å². The molecular formula is C15H23FN4O2. The second kappa shape index (κ2) is 10.6. The van der Waals surface area contributed by atoms with Gasteiger partial charge in [0.2, 0.25) is 5.91 Å². The van der Waals surface area contributed by atoms with Crippen molar-refractivity contribution in [2.75, 3.05) is 38.7 Å². The first-order chi connectivity index (χ1) is 10.7. The lowest BCUT2D eigenvalue weighted by Crippen LogP contribution is -2.38. The molecule has 7 heteroatoms. The maximum atomic E-state index is 12.8. The van der Waals surface area contributed by atoms with Crippen molar-refractivity contribution in [2.24, 2.45) is 4.99 Å². The summed E-state index contributed by atoms with van der Waals surface area (Å²) in [7, 11) is 1.65. The second-order valence-electron chi connectivity index (χ2n) is 4.52. The number of aliphatic imine (C=N–C) groups is 1. The van der Waals surface area contributed by atoms with Gasteiger partial charge in [-0.05, 0) is 37.6 Å². The summed E-state index contributed by atoms with van der Waals surface area (Å²) in [5, 5.41) is 8.82. The monoisotopic (exact) mass is 310 g/mol. The van der Waals surface area contributed by atoms with Gasteiger partial charge >= 0.3 is 0 Å². The van der Waals surface area contributed by atoms with Crippen LogP contribution in [-0.4, -0.2) is 45.2 Å². The Kier molecular flexibility index (Phi) is 8.59. The number of amides is 1. The van der Waals surface area contributed by atoms with E-state index in [0.717, 1.165) is 6.42 Å². The molecule has 22 heavy (non-hydrogen) atoms. The average molecular weight is 310 g/mol. The smallest absolute Gasteiger partial charge is 0.246 e. The number of carbonyl (C=O) groups is 1. The third-order valence-corrected chi connectivity index (χ3v) is 2.67. The Balaban J connectivity index is 2.43. The Morgan fingerprint density at radius 2 is 2.00 bits per heavy atom. The van der Waals surface area contributed by atoms with Crippen molar-refractivity contribution in [3.05, 3.63) is 30.1 Å². The van der Waals surface area contributed by atoms with E-state index in [-0.39, 0.29) is 18.3 Å². The van der Waals surface area contributed by atoms with Crippen molar-refractivity contribution in [1.82, 2.24) is 10.6 Å². The first kappa shape index (κ1) is 17.9. The summed E-state index contributed by atoms with van der Waals surface area (Å²) >= 11 is 0. The van der Waals surface area contributed by atoms with E-state index in [1.54, 1.807) is 7.11 Å². The van der Waals surface area contributed by atoms with Crippen molar-refractivity contribution >= 4 is 17.6 Å². The fourth-order valence-electron chi connectivity index (χ4n) is 1.65. The van der Waals surface area contributed by atoms with E-state index < -0.39 is 0 Å². The molecule has 0 unspecified atom stereocenters. The van der Waals surface area contributed by atoms with Gasteiger partial charge in [0, 0.05) is 32.5 Å². The summed E-state index contributed by atoms with van der Waals surface area (Å²) in [6.45, 7) is 4.01. The first-order valence-electron chi connectivity index (χ1n) is 7.22. The summed E-state index contributed by atoms with van der Waals surface area (Å²) < 4.78 is 17.7. The lowest BCUT2D eigenvalue weighted by atomic mass is 10.3. The molecule has 0 aromatic heterocycles. The number of methoxy groups -OCH3 is 1. The van der Waals surface area contributed by atoms with Crippen LogP contribution in [0.5, 0.6) is 0 Å². The van der Waals surface area contributed by atoms with Crippen LogP contribution in [0.15, 0.2) is 29.3 Å². The Hall–Kier alpha value is -2.15. The number of hydrogen-bond acceptors (Lipinski definition) is 3. The Morgan fingerprint density at radius 3 is 2.64 bits per heavy atom. The third kappa shape index (κ3) is 7.58. The molecule has 0 fully saturated rings. The number of nitrogens with one attached hydrogen (secondary N) is 3. The molecule has 1 amide bonds. The zero-order chi connectivity index (χ0) is 16.2. The minimum absolute atomic E-state index is 0.0169. The zero-order valence-electron chi connectivity index (χ0n) is 13.0. The van der Waals surface area contributed by atoms with Crippen LogP contribution in [0.1, 0.15) is 13.3 Å². The molecule has 0 aliphatic heterocycles. The molecule has 1 rings (SSSR count). The average Bonchev–Trinajstić information content (AvgIpc) is 2.51. The highest BCUT2D eigenvalue weighted by atomic mass is 19.1. The van der Waals surface area contributed by atoms with E-state index >= 15 is 0 Å². The lowest BCUT2D eigenvalue weighted by Gasteiger charge is -2.11. The number of ether oxygens (including phenoxy) is 1. The fraction of sp³-hybridized carbons (Fsp3) is 0.467. The van der Waals surface area contributed by atoms with Crippen LogP contribution in [-0.2, 0) is 9.53 Å². The van der Waals surface area contributed by atoms with Crippen molar-refractivity contribution in [3.8, 4) is 0 Å². The predicted molar refractivity (Wildman–Crippen MR) is 85.5 cm³/mol. The molecule has 0 heterocycles. The van der Waals surface area contributed by atoms with Gasteiger partial charge < -0.3 is 20.7 Å². The zero-order valence-corrected chi connectivity index (χ0v) is 13.0. The Labute approximate surface area is 130 Å². The molecule has 0 bridgehead atoms. The third-order valence-electron chi connectivity index (χ3n) is 2.67. The molecule has 0 saturated carbocycles. The van der Waals surface area contributed by atoms with Crippen molar-refractivity contribution < 1.29 is 13.9 Å². The Morgan fingerprint density at radius 1 is 1.27 bits per heavy atom. The van der Waals surface area contributed by atoms with Gasteiger partial charge in [-0.3, -0.25) is 4.79 Å². The molecule has 0 aliphatic rings. The van der Waals surface area contributed by atoms with E-state index in [1.165, 1.54) is 24.3 Å². The molecule has 122 valence electrons. The van der Waals surface area contributed by atoms with Gasteiger partial charge in [-0.15, -0.1) is 0 Å². The molecule has 0 radical (unpaired) electrons. The largest absolute Gasteiger partial charge is 0.385 e. The van der Waals surface area contributed by atoms with Gasteiger partial charge in [0.05, 0.1) is 0 Å². The summed E-state index contributed by atoms with van der Waals surface area (Å²) in [6, 6.07) is 5.59. The molecule has 0 saturated heterocycles. The van der Waals surface area contributed by atoms with E-state index in [1.807, 2.05) is 6.92 Å². The van der Waals surface area contributed by atoms with Crippen LogP contribution in [0.2, 0.25) is 0 Å². The van der Waals surface area contributed by atoms with Crippen molar-refractivity contribution in [3.63, 3.8) is 0 Å². The minimum Gasteiger partial charge on any atom is -0.385 e. The summed E-state index contributed by atoms with van der Waals surface area (Å²) in [5.74, 6) is -0.0285. The summed E-state index contributed by atoms with van der Waals surface area (Å²) in [6.07, 6.45) is 0.850. The van der Waals surface area contributed by atoms with E-state index in [9.17, 15) is 9.18 Å². The number of guanidine groups is 1. The van der Waals surface area contributed by atoms with Gasteiger partial charge in [-0.25, -0.2) is 9.38 Å². The molecule has 3 N–H and O–H groups in total. The van der Waals surface area contributed by atoms with E-state index in [4.69, 9.17) is 4.74 Å². The number of carbonyl (C=O) groups excluding carboxylic acids is 1. The van der Waals surface area contributed by atoms with Gasteiger partial charge in [0.25, 0.3) is 0 Å². The highest BCUT2D eigenvalue weighted by Gasteiger charge is 2.03. The molecule has 6 nitrogen and oxygen atoms in total. The number of halogens is 1. The molecule has 0 spiro atoms. The number of nitrogens with zero attached hydrogens (tertiary/aromatic N) is 1. The van der Waals surface area contributed by atoms with Crippen LogP contribution in [0.25, 0.3) is 0 Å². The SMILES string of the molecule is CCNC(=NCC(=O)Nc1ccc(F)cc1)NCCCOC. The number of rotatable bonds is 8. The highest BCUT2D eigenvalue weighted by Crippen LogP contribution is 2.07. The molecular weight excluding hydrogens is 287 g/mol. The molecule has 1 aromatic carbocycles. The van der Waals surface area contributed by atoms with Gasteiger partial charge in [-0.1, -0.05) is 0 Å². The van der Waals surface area contributed by atoms with Crippen LogP contribution in [0.3, 0.4) is 0 Å². The predicted octanol–water partition coefficient (Wildman–Crippen LogP) is 1.36. The maximum absolute atomic E-state index is 12.8. The normalized spacial score (nSPS) is 11.1. The second-order valence-corrected chi connectivity index (χ2v) is 4.52. The Bertz CT molecular complexity index is 477. The highest BCUT2D eigenvalue weighted by molar-refractivity contribution is 5.94. The molecule has 1 aromatic rings. The van der Waals surface area contributed by atoms with Crippen LogP contribution >= 0.6 is 0 Å². The first-order valence-corrected chi connectivity index (χ1v) is 7.22. The fourth-order valence-corrected chi connectivity index (χ4v) is 1.65. The number of benzene rings is 1. The van der Waals surface area contributed by atoms with E-state index in [0.29, 0.717) is 31.3 Å². The maximum Gasteiger partial charge on any atom is 0.246 e. The summed E-state index contributed by atoms with van der Waals surface area (Å²) in [4.78, 5) is 16.0. The van der Waals surface area contributed by atoms with Gasteiger partial charge in [-0.2, -0.15) is 0 Å². The van der Waals surface area contributed by atoms with Gasteiger partial charge in [0.15, 0.2) is 5.96 Å². The summed E-state index contributed by atoms with van der Waals surface area (Å²) in [5.41, 5.74) is 0.541. The lowest BCUT2D eigenvalue weighted by molar-refractivity contribution is -0.114. The van der Waals surface area contributed by atoms with Crippen LogP contribution in [0, 0.1) is 5.82 Å². The quantitative estimate of drug-likeness (QED) is 0.385. The van der Waals surface area contributed by atoms with E-state index in [2.05, 4.69) is 20.9 Å².